The molecular weight excluding hydrogens is 222 g/mol. The van der Waals surface area contributed by atoms with Gasteiger partial charge in [0.15, 0.2) is 0 Å². The highest BCUT2D eigenvalue weighted by molar-refractivity contribution is 5.01. The lowest BCUT2D eigenvalue weighted by molar-refractivity contribution is 0.421. The Kier molecular flexibility index (Phi) is 4.81. The number of hydrogen-bond donors (Lipinski definition) is 1. The third-order valence-electron chi connectivity index (χ3n) is 4.25. The Labute approximate surface area is 111 Å². The summed E-state index contributed by atoms with van der Waals surface area (Å²) in [5.41, 5.74) is 1.25. The summed E-state index contributed by atoms with van der Waals surface area (Å²) in [5.74, 6) is 0.927. The van der Waals surface area contributed by atoms with Crippen LogP contribution in [-0.2, 0) is 6.42 Å². The predicted octanol–water partition coefficient (Wildman–Crippen LogP) is 3.17. The number of hydrogen-bond acceptors (Lipinski definition) is 2. The minimum atomic E-state index is 0.572. The number of aromatic nitrogens is 2. The smallest absolute Gasteiger partial charge is 0.0625 e. The van der Waals surface area contributed by atoms with Crippen molar-refractivity contribution in [2.24, 2.45) is 5.92 Å². The largest absolute Gasteiger partial charge is 0.317 e. The summed E-state index contributed by atoms with van der Waals surface area (Å²) >= 11 is 0. The molecule has 1 atom stereocenters. The van der Waals surface area contributed by atoms with Gasteiger partial charge in [0.2, 0.25) is 0 Å². The Balaban J connectivity index is 1.85. The summed E-state index contributed by atoms with van der Waals surface area (Å²) < 4.78 is 2.15. The molecule has 0 saturated heterocycles. The van der Waals surface area contributed by atoms with Gasteiger partial charge in [0.25, 0.3) is 0 Å². The molecule has 2 rings (SSSR count). The summed E-state index contributed by atoms with van der Waals surface area (Å²) in [7, 11) is 2.09. The fourth-order valence-electron chi connectivity index (χ4n) is 2.79. The maximum atomic E-state index is 4.73. The van der Waals surface area contributed by atoms with Gasteiger partial charge >= 0.3 is 0 Å². The zero-order valence-corrected chi connectivity index (χ0v) is 12.0. The second kappa shape index (κ2) is 6.37. The van der Waals surface area contributed by atoms with Crippen LogP contribution in [0.3, 0.4) is 0 Å². The molecule has 0 radical (unpaired) electrons. The van der Waals surface area contributed by atoms with Gasteiger partial charge in [-0.2, -0.15) is 5.10 Å². The van der Waals surface area contributed by atoms with Crippen LogP contribution in [0.5, 0.6) is 0 Å². The number of nitrogens with one attached hydrogen (secondary N) is 1. The lowest BCUT2D eigenvalue weighted by Crippen LogP contribution is -2.27. The molecule has 1 N–H and O–H groups in total. The van der Waals surface area contributed by atoms with Gasteiger partial charge in [0, 0.05) is 12.2 Å². The van der Waals surface area contributed by atoms with Gasteiger partial charge in [-0.15, -0.1) is 0 Å². The predicted molar refractivity (Wildman–Crippen MR) is 75.7 cm³/mol. The van der Waals surface area contributed by atoms with E-state index in [-0.39, 0.29) is 0 Å². The van der Waals surface area contributed by atoms with E-state index in [9.17, 15) is 0 Å². The van der Waals surface area contributed by atoms with E-state index in [1.54, 1.807) is 0 Å². The van der Waals surface area contributed by atoms with Crippen LogP contribution in [0.2, 0.25) is 0 Å². The highest BCUT2D eigenvalue weighted by Crippen LogP contribution is 2.34. The van der Waals surface area contributed by atoms with E-state index in [1.165, 1.54) is 37.8 Å². The molecule has 1 aliphatic carbocycles. The third kappa shape index (κ3) is 3.35. The van der Waals surface area contributed by atoms with Crippen LogP contribution >= 0.6 is 0 Å². The van der Waals surface area contributed by atoms with Crippen LogP contribution in [0.25, 0.3) is 0 Å². The van der Waals surface area contributed by atoms with Crippen molar-refractivity contribution in [3.8, 4) is 0 Å². The van der Waals surface area contributed by atoms with Crippen LogP contribution in [-0.4, -0.2) is 22.9 Å². The average molecular weight is 249 g/mol. The van der Waals surface area contributed by atoms with Gasteiger partial charge in [-0.25, -0.2) is 0 Å². The van der Waals surface area contributed by atoms with Gasteiger partial charge in [-0.3, -0.25) is 4.68 Å². The van der Waals surface area contributed by atoms with Gasteiger partial charge in [0.05, 0.1) is 11.7 Å². The maximum Gasteiger partial charge on any atom is 0.0625 e. The van der Waals surface area contributed by atoms with Crippen molar-refractivity contribution in [3.63, 3.8) is 0 Å². The fraction of sp³-hybridized carbons (Fsp3) is 0.800. The van der Waals surface area contributed by atoms with Gasteiger partial charge in [-0.05, 0) is 57.6 Å². The molecule has 1 heterocycles. The SMILES string of the molecule is CCC(CC)n1ccc(CCC(NC)C2CC2)n1. The Hall–Kier alpha value is -0.830. The van der Waals surface area contributed by atoms with Crippen LogP contribution in [0.4, 0.5) is 0 Å². The molecule has 1 aromatic heterocycles. The number of nitrogens with zero attached hydrogens (tertiary/aromatic N) is 2. The quantitative estimate of drug-likeness (QED) is 0.767. The van der Waals surface area contributed by atoms with Gasteiger partial charge < -0.3 is 5.32 Å². The van der Waals surface area contributed by atoms with E-state index in [1.807, 2.05) is 0 Å². The molecule has 3 nitrogen and oxygen atoms in total. The van der Waals surface area contributed by atoms with Crippen molar-refractivity contribution in [1.82, 2.24) is 15.1 Å². The normalized spacial score (nSPS) is 17.3. The topological polar surface area (TPSA) is 29.9 Å². The lowest BCUT2D eigenvalue weighted by Gasteiger charge is -2.14. The molecule has 1 unspecified atom stereocenters. The second-order valence-electron chi connectivity index (χ2n) is 5.53. The van der Waals surface area contributed by atoms with E-state index < -0.39 is 0 Å². The molecule has 1 aromatic rings. The first-order valence-corrected chi connectivity index (χ1v) is 7.49. The van der Waals surface area contributed by atoms with Crippen LogP contribution in [0.1, 0.15) is 57.7 Å². The zero-order chi connectivity index (χ0) is 13.0. The van der Waals surface area contributed by atoms with Crippen LogP contribution in [0.15, 0.2) is 12.3 Å². The highest BCUT2D eigenvalue weighted by Gasteiger charge is 2.29. The molecule has 0 aromatic carbocycles. The first kappa shape index (κ1) is 13.6. The van der Waals surface area contributed by atoms with E-state index in [4.69, 9.17) is 5.10 Å². The fourth-order valence-corrected chi connectivity index (χ4v) is 2.79. The molecule has 3 heteroatoms. The Morgan fingerprint density at radius 2 is 2.11 bits per heavy atom. The van der Waals surface area contributed by atoms with E-state index in [0.717, 1.165) is 12.3 Å². The van der Waals surface area contributed by atoms with Gasteiger partial charge in [-0.1, -0.05) is 13.8 Å². The molecule has 0 amide bonds. The number of rotatable bonds is 8. The molecule has 0 aliphatic heterocycles. The minimum absolute atomic E-state index is 0.572. The van der Waals surface area contributed by atoms with Crippen molar-refractivity contribution in [3.05, 3.63) is 18.0 Å². The van der Waals surface area contributed by atoms with Gasteiger partial charge in [0.1, 0.15) is 0 Å². The lowest BCUT2D eigenvalue weighted by atomic mass is 10.1. The Morgan fingerprint density at radius 1 is 1.39 bits per heavy atom. The van der Waals surface area contributed by atoms with Crippen LogP contribution < -0.4 is 5.32 Å². The molecule has 1 saturated carbocycles. The molecule has 18 heavy (non-hydrogen) atoms. The monoisotopic (exact) mass is 249 g/mol. The van der Waals surface area contributed by atoms with E-state index >= 15 is 0 Å². The summed E-state index contributed by atoms with van der Waals surface area (Å²) in [6.07, 6.45) is 9.63. The molecule has 102 valence electrons. The summed E-state index contributed by atoms with van der Waals surface area (Å²) in [6, 6.07) is 3.46. The van der Waals surface area contributed by atoms with Crippen LogP contribution in [0, 0.1) is 5.92 Å². The van der Waals surface area contributed by atoms with Crippen molar-refractivity contribution >= 4 is 0 Å². The van der Waals surface area contributed by atoms with E-state index in [2.05, 4.69) is 43.2 Å². The highest BCUT2D eigenvalue weighted by atomic mass is 15.3. The Morgan fingerprint density at radius 3 is 2.67 bits per heavy atom. The summed E-state index contributed by atoms with van der Waals surface area (Å²) in [5, 5.41) is 8.18. The summed E-state index contributed by atoms with van der Waals surface area (Å²) in [6.45, 7) is 4.47. The molecule has 1 aliphatic rings. The molecular formula is C15H27N3. The first-order valence-electron chi connectivity index (χ1n) is 7.49. The molecule has 0 spiro atoms. The van der Waals surface area contributed by atoms with Crippen molar-refractivity contribution in [2.75, 3.05) is 7.05 Å². The standard InChI is InChI=1S/C15H27N3/c1-4-14(5-2)18-11-10-13(17-18)8-9-15(16-3)12-6-7-12/h10-12,14-16H,4-9H2,1-3H3. The van der Waals surface area contributed by atoms with Crippen molar-refractivity contribution in [2.45, 2.75) is 64.5 Å². The maximum absolute atomic E-state index is 4.73. The second-order valence-corrected chi connectivity index (χ2v) is 5.53. The van der Waals surface area contributed by atoms with E-state index in [0.29, 0.717) is 12.1 Å². The number of aryl methyl sites for hydroxylation is 1. The van der Waals surface area contributed by atoms with Crippen molar-refractivity contribution < 1.29 is 0 Å². The third-order valence-corrected chi connectivity index (χ3v) is 4.25. The zero-order valence-electron chi connectivity index (χ0n) is 12.0. The first-order chi connectivity index (χ1) is 8.78. The minimum Gasteiger partial charge on any atom is -0.317 e. The van der Waals surface area contributed by atoms with Crippen molar-refractivity contribution in [1.29, 1.82) is 0 Å². The summed E-state index contributed by atoms with van der Waals surface area (Å²) in [4.78, 5) is 0. The molecule has 1 fully saturated rings. The molecule has 0 bridgehead atoms. The Bertz CT molecular complexity index is 350. The average Bonchev–Trinajstić information content (AvgIpc) is 3.12.